The number of hydrogen-bond donors (Lipinski definition) is 1. The van der Waals surface area contributed by atoms with Crippen molar-refractivity contribution >= 4 is 34.3 Å². The number of aryl methyl sites for hydroxylation is 1. The molecule has 0 atom stereocenters. The number of anilines is 1. The Morgan fingerprint density at radius 1 is 1.29 bits per heavy atom. The number of fused-ring (bicyclic) bond motifs is 1. The zero-order valence-corrected chi connectivity index (χ0v) is 16.3. The summed E-state index contributed by atoms with van der Waals surface area (Å²) in [5.41, 5.74) is 2.32. The summed E-state index contributed by atoms with van der Waals surface area (Å²) in [4.78, 5) is 25.2. The van der Waals surface area contributed by atoms with Gasteiger partial charge in [0.15, 0.2) is 6.61 Å². The minimum absolute atomic E-state index is 0.414. The summed E-state index contributed by atoms with van der Waals surface area (Å²) in [6.45, 7) is -0.414. The van der Waals surface area contributed by atoms with Gasteiger partial charge >= 0.3 is 5.97 Å². The van der Waals surface area contributed by atoms with Gasteiger partial charge in [-0.1, -0.05) is 18.2 Å². The molecule has 1 aromatic heterocycles. The number of carbonyl (C=O) groups is 2. The Bertz CT molecular complexity index is 956. The highest BCUT2D eigenvalue weighted by atomic mass is 32.1. The van der Waals surface area contributed by atoms with E-state index in [0.717, 1.165) is 41.7 Å². The van der Waals surface area contributed by atoms with E-state index in [1.165, 1.54) is 17.4 Å². The highest BCUT2D eigenvalue weighted by Gasteiger charge is 2.21. The van der Waals surface area contributed by atoms with Crippen molar-refractivity contribution in [3.05, 3.63) is 51.9 Å². The van der Waals surface area contributed by atoms with E-state index in [2.05, 4.69) is 11.4 Å². The first-order chi connectivity index (χ1) is 13.6. The van der Waals surface area contributed by atoms with Gasteiger partial charge in [-0.2, -0.15) is 5.26 Å². The lowest BCUT2D eigenvalue weighted by molar-refractivity contribution is -0.142. The van der Waals surface area contributed by atoms with Crippen molar-refractivity contribution in [3.8, 4) is 11.8 Å². The van der Waals surface area contributed by atoms with E-state index in [9.17, 15) is 14.9 Å². The fourth-order valence-corrected chi connectivity index (χ4v) is 4.34. The van der Waals surface area contributed by atoms with Gasteiger partial charge in [0, 0.05) is 16.5 Å². The van der Waals surface area contributed by atoms with Crippen molar-refractivity contribution in [1.29, 1.82) is 5.26 Å². The van der Waals surface area contributed by atoms with Crippen LogP contribution in [0.2, 0.25) is 0 Å². The monoisotopic (exact) mass is 396 g/mol. The van der Waals surface area contributed by atoms with Gasteiger partial charge in [-0.05, 0) is 43.4 Å². The normalized spacial score (nSPS) is 12.9. The van der Waals surface area contributed by atoms with Gasteiger partial charge in [0.05, 0.1) is 12.7 Å². The molecule has 0 fully saturated rings. The first-order valence-electron chi connectivity index (χ1n) is 8.94. The van der Waals surface area contributed by atoms with Gasteiger partial charge in [-0.15, -0.1) is 11.3 Å². The number of ether oxygens (including phenoxy) is 2. The van der Waals surface area contributed by atoms with Crippen LogP contribution in [-0.2, 0) is 27.2 Å². The highest BCUT2D eigenvalue weighted by molar-refractivity contribution is 7.16. The van der Waals surface area contributed by atoms with Crippen molar-refractivity contribution in [3.63, 3.8) is 0 Å². The second-order valence-corrected chi connectivity index (χ2v) is 7.36. The number of nitriles is 1. The summed E-state index contributed by atoms with van der Waals surface area (Å²) < 4.78 is 10.2. The summed E-state index contributed by atoms with van der Waals surface area (Å²) in [5, 5.41) is 12.7. The van der Waals surface area contributed by atoms with Crippen LogP contribution in [0.3, 0.4) is 0 Å². The molecule has 0 bridgehead atoms. The standard InChI is InChI=1S/C21H20N2O4S/c1-26-17-8-4-2-6-14(17)10-11-20(25)27-13-19(24)23-21-16(12-22)15-7-3-5-9-18(15)28-21/h2,4,6,8,10-11H,3,5,7,9,13H2,1H3,(H,23,24)/b11-10+. The van der Waals surface area contributed by atoms with Crippen molar-refractivity contribution in [2.45, 2.75) is 25.7 Å². The SMILES string of the molecule is COc1ccccc1/C=C/C(=O)OCC(=O)Nc1sc2c(c1C#N)CCCC2. The number of nitrogens with one attached hydrogen (secondary N) is 1. The minimum Gasteiger partial charge on any atom is -0.496 e. The molecule has 0 saturated heterocycles. The van der Waals surface area contributed by atoms with E-state index in [1.807, 2.05) is 12.1 Å². The molecule has 1 aromatic carbocycles. The van der Waals surface area contributed by atoms with Gasteiger partial charge in [-0.3, -0.25) is 4.79 Å². The average Bonchev–Trinajstić information content (AvgIpc) is 3.07. The van der Waals surface area contributed by atoms with Crippen molar-refractivity contribution in [2.24, 2.45) is 0 Å². The Kier molecular flexibility index (Phi) is 6.45. The lowest BCUT2D eigenvalue weighted by Crippen LogP contribution is -2.20. The third-order valence-electron chi connectivity index (χ3n) is 4.42. The van der Waals surface area contributed by atoms with Gasteiger partial charge in [0.25, 0.3) is 5.91 Å². The largest absolute Gasteiger partial charge is 0.496 e. The molecule has 0 radical (unpaired) electrons. The van der Waals surface area contributed by atoms with Crippen LogP contribution in [-0.4, -0.2) is 25.6 Å². The van der Waals surface area contributed by atoms with Gasteiger partial charge < -0.3 is 14.8 Å². The molecule has 1 N–H and O–H groups in total. The Morgan fingerprint density at radius 2 is 2.07 bits per heavy atom. The Labute approximate surface area is 167 Å². The predicted molar refractivity (Wildman–Crippen MR) is 107 cm³/mol. The first-order valence-corrected chi connectivity index (χ1v) is 9.76. The number of amides is 1. The second-order valence-electron chi connectivity index (χ2n) is 6.26. The number of carbonyl (C=O) groups excluding carboxylic acids is 2. The van der Waals surface area contributed by atoms with Gasteiger partial charge in [-0.25, -0.2) is 4.79 Å². The molecule has 6 nitrogen and oxygen atoms in total. The summed E-state index contributed by atoms with van der Waals surface area (Å²) >= 11 is 1.44. The number of para-hydroxylation sites is 1. The van der Waals surface area contributed by atoms with E-state index in [1.54, 1.807) is 25.3 Å². The van der Waals surface area contributed by atoms with Crippen LogP contribution < -0.4 is 10.1 Å². The highest BCUT2D eigenvalue weighted by Crippen LogP contribution is 2.37. The molecular formula is C21H20N2O4S. The zero-order chi connectivity index (χ0) is 19.9. The van der Waals surface area contributed by atoms with Crippen LogP contribution in [0.15, 0.2) is 30.3 Å². The fraction of sp³-hybridized carbons (Fsp3) is 0.286. The van der Waals surface area contributed by atoms with Crippen LogP contribution in [0.1, 0.15) is 34.4 Å². The molecule has 28 heavy (non-hydrogen) atoms. The topological polar surface area (TPSA) is 88.4 Å². The van der Waals surface area contributed by atoms with Crippen molar-refractivity contribution in [1.82, 2.24) is 0 Å². The predicted octanol–water partition coefficient (Wildman–Crippen LogP) is 3.70. The Morgan fingerprint density at radius 3 is 2.86 bits per heavy atom. The number of esters is 1. The third-order valence-corrected chi connectivity index (χ3v) is 5.63. The van der Waals surface area contributed by atoms with Crippen LogP contribution in [0.25, 0.3) is 6.08 Å². The van der Waals surface area contributed by atoms with Gasteiger partial charge in [0.1, 0.15) is 16.8 Å². The maximum absolute atomic E-state index is 12.1. The van der Waals surface area contributed by atoms with Crippen molar-refractivity contribution in [2.75, 3.05) is 19.0 Å². The molecule has 7 heteroatoms. The number of nitrogens with zero attached hydrogens (tertiary/aromatic N) is 1. The third kappa shape index (κ3) is 4.59. The second kappa shape index (κ2) is 9.20. The summed E-state index contributed by atoms with van der Waals surface area (Å²) in [6.07, 6.45) is 6.78. The van der Waals surface area contributed by atoms with Crippen molar-refractivity contribution < 1.29 is 19.1 Å². The molecule has 144 valence electrons. The van der Waals surface area contributed by atoms with Crippen LogP contribution in [0, 0.1) is 11.3 Å². The summed E-state index contributed by atoms with van der Waals surface area (Å²) in [6, 6.07) is 9.43. The Hall–Kier alpha value is -3.11. The first kappa shape index (κ1) is 19.6. The molecule has 1 heterocycles. The molecule has 1 amide bonds. The maximum atomic E-state index is 12.1. The van der Waals surface area contributed by atoms with Crippen LogP contribution >= 0.6 is 11.3 Å². The average molecular weight is 396 g/mol. The van der Waals surface area contributed by atoms with Crippen LogP contribution in [0.5, 0.6) is 5.75 Å². The molecule has 0 saturated carbocycles. The number of rotatable bonds is 6. The molecule has 1 aliphatic rings. The van der Waals surface area contributed by atoms with E-state index in [0.29, 0.717) is 16.3 Å². The molecular weight excluding hydrogens is 376 g/mol. The Balaban J connectivity index is 1.56. The summed E-state index contributed by atoms with van der Waals surface area (Å²) in [5.74, 6) is -0.462. The smallest absolute Gasteiger partial charge is 0.331 e. The lowest BCUT2D eigenvalue weighted by atomic mass is 9.96. The number of methoxy groups -OCH3 is 1. The van der Waals surface area contributed by atoms with Gasteiger partial charge in [0.2, 0.25) is 0 Å². The molecule has 0 unspecified atom stereocenters. The zero-order valence-electron chi connectivity index (χ0n) is 15.5. The van der Waals surface area contributed by atoms with E-state index in [4.69, 9.17) is 9.47 Å². The van der Waals surface area contributed by atoms with E-state index < -0.39 is 18.5 Å². The fourth-order valence-electron chi connectivity index (χ4n) is 3.08. The maximum Gasteiger partial charge on any atom is 0.331 e. The molecule has 3 rings (SSSR count). The molecule has 0 spiro atoms. The minimum atomic E-state index is -0.632. The number of benzene rings is 1. The van der Waals surface area contributed by atoms with E-state index in [-0.39, 0.29) is 0 Å². The quantitative estimate of drug-likeness (QED) is 0.594. The van der Waals surface area contributed by atoms with Crippen LogP contribution in [0.4, 0.5) is 5.00 Å². The molecule has 2 aromatic rings. The number of hydrogen-bond acceptors (Lipinski definition) is 6. The van der Waals surface area contributed by atoms with E-state index >= 15 is 0 Å². The lowest BCUT2D eigenvalue weighted by Gasteiger charge is -2.09. The molecule has 1 aliphatic carbocycles. The molecule has 0 aliphatic heterocycles. The number of thiophene rings is 1. The summed E-state index contributed by atoms with van der Waals surface area (Å²) in [7, 11) is 1.55.